The summed E-state index contributed by atoms with van der Waals surface area (Å²) in [5.41, 5.74) is 3.23. The Bertz CT molecular complexity index is 504. The number of rotatable bonds is 20. The van der Waals surface area contributed by atoms with Crippen molar-refractivity contribution in [1.82, 2.24) is 0 Å². The largest absolute Gasteiger partial charge is 0.376 e. The van der Waals surface area contributed by atoms with E-state index in [1.165, 1.54) is 88.2 Å². The van der Waals surface area contributed by atoms with Crippen molar-refractivity contribution in [2.45, 2.75) is 132 Å². The van der Waals surface area contributed by atoms with Gasteiger partial charge in [-0.05, 0) is 60.5 Å². The Balaban J connectivity index is 2.47. The third kappa shape index (κ3) is 10.4. The lowest BCUT2D eigenvalue weighted by Crippen LogP contribution is -2.25. The molecule has 0 bridgehead atoms. The summed E-state index contributed by atoms with van der Waals surface area (Å²) in [4.78, 5) is 0. The van der Waals surface area contributed by atoms with Crippen LogP contribution in [-0.2, 0) is 22.7 Å². The first kappa shape index (κ1) is 29.2. The quantitative estimate of drug-likeness (QED) is 0.186. The van der Waals surface area contributed by atoms with Gasteiger partial charge in [0.1, 0.15) is 0 Å². The topological polar surface area (TPSA) is 18.5 Å². The number of benzene rings is 1. The Morgan fingerprint density at radius 2 is 0.875 bits per heavy atom. The van der Waals surface area contributed by atoms with Gasteiger partial charge in [-0.25, -0.2) is 0 Å². The highest BCUT2D eigenvalue weighted by molar-refractivity contribution is 5.21. The average molecular weight is 447 g/mol. The molecule has 0 saturated heterocycles. The third-order valence-electron chi connectivity index (χ3n) is 8.00. The van der Waals surface area contributed by atoms with Crippen molar-refractivity contribution in [1.29, 1.82) is 0 Å². The zero-order valence-electron chi connectivity index (χ0n) is 22.4. The van der Waals surface area contributed by atoms with Crippen LogP contribution in [0.15, 0.2) is 24.3 Å². The van der Waals surface area contributed by atoms with Crippen molar-refractivity contribution in [2.24, 2.45) is 10.8 Å². The molecule has 0 unspecified atom stereocenters. The van der Waals surface area contributed by atoms with E-state index in [9.17, 15) is 0 Å². The molecule has 0 aliphatic rings. The normalized spacial score (nSPS) is 12.4. The molecule has 0 saturated carbocycles. The van der Waals surface area contributed by atoms with Crippen molar-refractivity contribution in [2.75, 3.05) is 13.2 Å². The maximum absolute atomic E-state index is 6.21. The maximum Gasteiger partial charge on any atom is 0.0717 e. The molecule has 32 heavy (non-hydrogen) atoms. The van der Waals surface area contributed by atoms with E-state index < -0.39 is 0 Å². The van der Waals surface area contributed by atoms with Gasteiger partial charge in [-0.15, -0.1) is 0 Å². The number of ether oxygens (including phenoxy) is 2. The molecule has 1 aromatic rings. The minimum absolute atomic E-state index is 0.352. The van der Waals surface area contributed by atoms with E-state index in [1.54, 1.807) is 0 Å². The van der Waals surface area contributed by atoms with Crippen molar-refractivity contribution < 1.29 is 9.47 Å². The summed E-state index contributed by atoms with van der Waals surface area (Å²) in [6, 6.07) is 8.85. The summed E-state index contributed by atoms with van der Waals surface area (Å²) >= 11 is 0. The van der Waals surface area contributed by atoms with Crippen LogP contribution in [-0.4, -0.2) is 13.2 Å². The standard InChI is InChI=1S/C30H54O2/c1-7-13-15-21-29(9-3,10-4)25-31-23-27-17-19-28(20-18-27)24-32-26-30(11-5,12-6)22-16-14-8-2/h17-20H,7-16,21-26H2,1-6H3. The van der Waals surface area contributed by atoms with Crippen LogP contribution < -0.4 is 0 Å². The zero-order chi connectivity index (χ0) is 23.7. The Labute approximate surface area is 200 Å². The summed E-state index contributed by atoms with van der Waals surface area (Å²) in [5.74, 6) is 0. The molecule has 0 N–H and O–H groups in total. The molecule has 2 heteroatoms. The minimum Gasteiger partial charge on any atom is -0.376 e. The van der Waals surface area contributed by atoms with Crippen LogP contribution in [0.25, 0.3) is 0 Å². The highest BCUT2D eigenvalue weighted by Crippen LogP contribution is 2.34. The van der Waals surface area contributed by atoms with E-state index in [-0.39, 0.29) is 0 Å². The van der Waals surface area contributed by atoms with E-state index in [0.717, 1.165) is 13.2 Å². The van der Waals surface area contributed by atoms with Gasteiger partial charge in [0.25, 0.3) is 0 Å². The molecule has 0 heterocycles. The van der Waals surface area contributed by atoms with Crippen LogP contribution in [0.5, 0.6) is 0 Å². The van der Waals surface area contributed by atoms with E-state index in [2.05, 4.69) is 65.8 Å². The SMILES string of the molecule is CCCCCC(CC)(CC)COCc1ccc(COCC(CC)(CC)CCCCC)cc1. The molecule has 0 fully saturated rings. The second kappa shape index (κ2) is 16.7. The van der Waals surface area contributed by atoms with Crippen LogP contribution >= 0.6 is 0 Å². The van der Waals surface area contributed by atoms with E-state index in [1.807, 2.05) is 0 Å². The van der Waals surface area contributed by atoms with Gasteiger partial charge in [0, 0.05) is 0 Å². The Hall–Kier alpha value is -0.860. The van der Waals surface area contributed by atoms with Crippen molar-refractivity contribution in [3.8, 4) is 0 Å². The van der Waals surface area contributed by atoms with Crippen LogP contribution in [0.3, 0.4) is 0 Å². The van der Waals surface area contributed by atoms with Crippen molar-refractivity contribution in [3.05, 3.63) is 35.4 Å². The first-order valence-corrected chi connectivity index (χ1v) is 13.8. The van der Waals surface area contributed by atoms with Gasteiger partial charge in [0.2, 0.25) is 0 Å². The Morgan fingerprint density at radius 1 is 0.531 bits per heavy atom. The van der Waals surface area contributed by atoms with Crippen LogP contribution in [0.4, 0.5) is 0 Å². The number of hydrogen-bond donors (Lipinski definition) is 0. The molecule has 2 nitrogen and oxygen atoms in total. The van der Waals surface area contributed by atoms with E-state index in [0.29, 0.717) is 24.0 Å². The second-order valence-electron chi connectivity index (χ2n) is 10.1. The number of unbranched alkanes of at least 4 members (excludes halogenated alkanes) is 4. The lowest BCUT2D eigenvalue weighted by Gasteiger charge is -2.32. The van der Waals surface area contributed by atoms with Gasteiger partial charge in [-0.2, -0.15) is 0 Å². The molecule has 1 aromatic carbocycles. The third-order valence-corrected chi connectivity index (χ3v) is 8.00. The van der Waals surface area contributed by atoms with Gasteiger partial charge in [0.15, 0.2) is 0 Å². The molecule has 0 radical (unpaired) electrons. The fourth-order valence-corrected chi connectivity index (χ4v) is 4.76. The average Bonchev–Trinajstić information content (AvgIpc) is 2.83. The first-order valence-electron chi connectivity index (χ1n) is 13.8. The van der Waals surface area contributed by atoms with Gasteiger partial charge >= 0.3 is 0 Å². The molecule has 0 atom stereocenters. The van der Waals surface area contributed by atoms with Gasteiger partial charge in [-0.3, -0.25) is 0 Å². The highest BCUT2D eigenvalue weighted by atomic mass is 16.5. The molecule has 0 amide bonds. The molecule has 0 spiro atoms. The van der Waals surface area contributed by atoms with Crippen LogP contribution in [0.1, 0.15) is 130 Å². The van der Waals surface area contributed by atoms with Gasteiger partial charge in [-0.1, -0.05) is 104 Å². The minimum atomic E-state index is 0.352. The van der Waals surface area contributed by atoms with E-state index in [4.69, 9.17) is 9.47 Å². The van der Waals surface area contributed by atoms with Crippen molar-refractivity contribution >= 4 is 0 Å². The predicted molar refractivity (Wildman–Crippen MR) is 140 cm³/mol. The summed E-state index contributed by atoms with van der Waals surface area (Å²) < 4.78 is 12.4. The monoisotopic (exact) mass is 446 g/mol. The summed E-state index contributed by atoms with van der Waals surface area (Å²) in [6.45, 7) is 17.0. The van der Waals surface area contributed by atoms with Crippen LogP contribution in [0.2, 0.25) is 0 Å². The molecule has 1 rings (SSSR count). The summed E-state index contributed by atoms with van der Waals surface area (Å²) in [6.07, 6.45) is 15.3. The van der Waals surface area contributed by atoms with Gasteiger partial charge < -0.3 is 9.47 Å². The van der Waals surface area contributed by atoms with E-state index >= 15 is 0 Å². The molecule has 0 aromatic heterocycles. The Kier molecular flexibility index (Phi) is 15.2. The number of hydrogen-bond acceptors (Lipinski definition) is 2. The molecule has 0 aliphatic carbocycles. The Morgan fingerprint density at radius 3 is 1.16 bits per heavy atom. The molecule has 186 valence electrons. The second-order valence-corrected chi connectivity index (χ2v) is 10.1. The van der Waals surface area contributed by atoms with Gasteiger partial charge in [0.05, 0.1) is 26.4 Å². The fourth-order valence-electron chi connectivity index (χ4n) is 4.76. The molecular formula is C30H54O2. The first-order chi connectivity index (χ1) is 15.5. The smallest absolute Gasteiger partial charge is 0.0717 e. The lowest BCUT2D eigenvalue weighted by molar-refractivity contribution is 0.0205. The van der Waals surface area contributed by atoms with Crippen LogP contribution in [0, 0.1) is 10.8 Å². The highest BCUT2D eigenvalue weighted by Gasteiger charge is 2.26. The fraction of sp³-hybridized carbons (Fsp3) is 0.800. The summed E-state index contributed by atoms with van der Waals surface area (Å²) in [5, 5.41) is 0. The molecule has 0 aliphatic heterocycles. The summed E-state index contributed by atoms with van der Waals surface area (Å²) in [7, 11) is 0. The zero-order valence-corrected chi connectivity index (χ0v) is 22.4. The maximum atomic E-state index is 6.21. The molecular weight excluding hydrogens is 392 g/mol. The lowest BCUT2D eigenvalue weighted by atomic mass is 9.78. The van der Waals surface area contributed by atoms with Crippen molar-refractivity contribution in [3.63, 3.8) is 0 Å². The predicted octanol–water partition coefficient (Wildman–Crippen LogP) is 9.49.